The highest BCUT2D eigenvalue weighted by Crippen LogP contribution is 2.27. The molecule has 0 saturated heterocycles. The molecule has 0 bridgehead atoms. The van der Waals surface area contributed by atoms with E-state index in [0.29, 0.717) is 12.1 Å². The summed E-state index contributed by atoms with van der Waals surface area (Å²) < 4.78 is 6.48. The minimum absolute atomic E-state index is 0.0894. The lowest BCUT2D eigenvalue weighted by Crippen LogP contribution is -2.23. The van der Waals surface area contributed by atoms with Gasteiger partial charge < -0.3 is 15.1 Å². The Balaban J connectivity index is 1.39. The van der Waals surface area contributed by atoms with Gasteiger partial charge in [-0.25, -0.2) is 0 Å². The summed E-state index contributed by atoms with van der Waals surface area (Å²) in [6.07, 6.45) is 4.19. The van der Waals surface area contributed by atoms with E-state index in [9.17, 15) is 9.59 Å². The van der Waals surface area contributed by atoms with Crippen molar-refractivity contribution in [2.45, 2.75) is 32.2 Å². The Morgan fingerprint density at radius 1 is 1.07 bits per heavy atom. The Kier molecular flexibility index (Phi) is 5.48. The standard InChI is InChI=1S/C22H21BrN2O3/c23-18-10-4-8-16-12-19(28-20(16)18)22(27)24-13-14-5-3-9-17(11-14)25-21(26)15-6-1-2-7-15/h3-5,8-12,15H,1-2,6-7,13H2,(H,24,27)(H,25,26). The van der Waals surface area contributed by atoms with Gasteiger partial charge in [-0.05, 0) is 58.6 Å². The monoisotopic (exact) mass is 440 g/mol. The van der Waals surface area contributed by atoms with Crippen LogP contribution in [0.15, 0.2) is 57.4 Å². The van der Waals surface area contributed by atoms with Gasteiger partial charge in [-0.2, -0.15) is 0 Å². The van der Waals surface area contributed by atoms with Crippen LogP contribution in [0.25, 0.3) is 11.0 Å². The number of carbonyl (C=O) groups is 2. The molecule has 0 radical (unpaired) electrons. The summed E-state index contributed by atoms with van der Waals surface area (Å²) in [6, 6.07) is 15.0. The molecule has 5 nitrogen and oxygen atoms in total. The van der Waals surface area contributed by atoms with Crippen LogP contribution < -0.4 is 10.6 Å². The van der Waals surface area contributed by atoms with Gasteiger partial charge in [0.25, 0.3) is 5.91 Å². The quantitative estimate of drug-likeness (QED) is 0.568. The average Bonchev–Trinajstić information content (AvgIpc) is 3.37. The van der Waals surface area contributed by atoms with Gasteiger partial charge >= 0.3 is 0 Å². The van der Waals surface area contributed by atoms with Crippen LogP contribution in [0.4, 0.5) is 5.69 Å². The Morgan fingerprint density at radius 3 is 2.64 bits per heavy atom. The van der Waals surface area contributed by atoms with Gasteiger partial charge in [-0.15, -0.1) is 0 Å². The summed E-state index contributed by atoms with van der Waals surface area (Å²) in [5, 5.41) is 6.73. The highest BCUT2D eigenvalue weighted by atomic mass is 79.9. The zero-order valence-corrected chi connectivity index (χ0v) is 16.9. The number of anilines is 1. The third-order valence-electron chi connectivity index (χ3n) is 5.09. The van der Waals surface area contributed by atoms with E-state index in [1.807, 2.05) is 42.5 Å². The number of halogens is 1. The molecule has 1 aromatic heterocycles. The van der Waals surface area contributed by atoms with Gasteiger partial charge in [-0.1, -0.05) is 37.1 Å². The molecule has 3 aromatic rings. The molecular formula is C22H21BrN2O3. The number of amides is 2. The molecule has 28 heavy (non-hydrogen) atoms. The molecule has 0 aliphatic heterocycles. The van der Waals surface area contributed by atoms with Crippen molar-refractivity contribution in [1.82, 2.24) is 5.32 Å². The van der Waals surface area contributed by atoms with Crippen LogP contribution in [-0.4, -0.2) is 11.8 Å². The number of hydrogen-bond donors (Lipinski definition) is 2. The zero-order chi connectivity index (χ0) is 19.5. The van der Waals surface area contributed by atoms with Crippen molar-refractivity contribution in [2.24, 2.45) is 5.92 Å². The van der Waals surface area contributed by atoms with Gasteiger partial charge in [0.2, 0.25) is 5.91 Å². The molecule has 1 fully saturated rings. The molecule has 6 heteroatoms. The lowest BCUT2D eigenvalue weighted by Gasteiger charge is -2.11. The van der Waals surface area contributed by atoms with E-state index in [1.165, 1.54) is 0 Å². The first kappa shape index (κ1) is 18.7. The molecule has 1 aliphatic rings. The number of nitrogens with one attached hydrogen (secondary N) is 2. The zero-order valence-electron chi connectivity index (χ0n) is 15.3. The summed E-state index contributed by atoms with van der Waals surface area (Å²) in [5.74, 6) is 0.207. The van der Waals surface area contributed by atoms with Crippen molar-refractivity contribution < 1.29 is 14.0 Å². The van der Waals surface area contributed by atoms with Crippen LogP contribution in [-0.2, 0) is 11.3 Å². The fraction of sp³-hybridized carbons (Fsp3) is 0.273. The van der Waals surface area contributed by atoms with Crippen LogP contribution in [0.1, 0.15) is 41.8 Å². The van der Waals surface area contributed by atoms with E-state index in [2.05, 4.69) is 26.6 Å². The molecule has 1 heterocycles. The second-order valence-electron chi connectivity index (χ2n) is 7.12. The molecule has 1 saturated carbocycles. The van der Waals surface area contributed by atoms with Crippen molar-refractivity contribution in [3.05, 3.63) is 64.3 Å². The number of fused-ring (bicyclic) bond motifs is 1. The van der Waals surface area contributed by atoms with Gasteiger partial charge in [0.15, 0.2) is 5.76 Å². The molecule has 144 valence electrons. The average molecular weight is 441 g/mol. The molecule has 0 atom stereocenters. The summed E-state index contributed by atoms with van der Waals surface area (Å²) in [6.45, 7) is 0.351. The van der Waals surface area contributed by atoms with E-state index in [1.54, 1.807) is 6.07 Å². The number of carbonyl (C=O) groups excluding carboxylic acids is 2. The van der Waals surface area contributed by atoms with Crippen molar-refractivity contribution in [2.75, 3.05) is 5.32 Å². The largest absolute Gasteiger partial charge is 0.450 e. The van der Waals surface area contributed by atoms with Crippen LogP contribution in [0, 0.1) is 5.92 Å². The van der Waals surface area contributed by atoms with Crippen molar-refractivity contribution in [1.29, 1.82) is 0 Å². The van der Waals surface area contributed by atoms with E-state index < -0.39 is 0 Å². The summed E-state index contributed by atoms with van der Waals surface area (Å²) in [5.41, 5.74) is 2.33. The molecule has 2 aromatic carbocycles. The topological polar surface area (TPSA) is 71.3 Å². The maximum absolute atomic E-state index is 12.4. The molecule has 2 amide bonds. The molecule has 2 N–H and O–H groups in total. The normalized spacial score (nSPS) is 14.3. The van der Waals surface area contributed by atoms with Crippen LogP contribution >= 0.6 is 15.9 Å². The minimum Gasteiger partial charge on any atom is -0.450 e. The smallest absolute Gasteiger partial charge is 0.287 e. The van der Waals surface area contributed by atoms with Gasteiger partial charge in [-0.3, -0.25) is 9.59 Å². The van der Waals surface area contributed by atoms with Gasteiger partial charge in [0, 0.05) is 23.5 Å². The van der Waals surface area contributed by atoms with Crippen molar-refractivity contribution in [3.8, 4) is 0 Å². The summed E-state index contributed by atoms with van der Waals surface area (Å²) >= 11 is 3.43. The first-order valence-corrected chi connectivity index (χ1v) is 10.3. The Hall–Kier alpha value is -2.60. The number of para-hydroxylation sites is 1. The Morgan fingerprint density at radius 2 is 1.86 bits per heavy atom. The van der Waals surface area contributed by atoms with Crippen LogP contribution in [0.5, 0.6) is 0 Å². The fourth-order valence-corrected chi connectivity index (χ4v) is 4.06. The number of benzene rings is 2. The van der Waals surface area contributed by atoms with E-state index in [0.717, 1.165) is 46.8 Å². The molecule has 4 rings (SSSR count). The molecule has 1 aliphatic carbocycles. The third-order valence-corrected chi connectivity index (χ3v) is 5.72. The van der Waals surface area contributed by atoms with Crippen LogP contribution in [0.3, 0.4) is 0 Å². The van der Waals surface area contributed by atoms with Gasteiger partial charge in [0.05, 0.1) is 4.47 Å². The second kappa shape index (κ2) is 8.19. The van der Waals surface area contributed by atoms with E-state index in [4.69, 9.17) is 4.42 Å². The Labute approximate surface area is 171 Å². The Bertz CT molecular complexity index is 1020. The molecule has 0 unspecified atom stereocenters. The lowest BCUT2D eigenvalue weighted by atomic mass is 10.1. The van der Waals surface area contributed by atoms with E-state index >= 15 is 0 Å². The van der Waals surface area contributed by atoms with E-state index in [-0.39, 0.29) is 23.5 Å². The number of furan rings is 1. The minimum atomic E-state index is -0.275. The fourth-order valence-electron chi connectivity index (χ4n) is 3.60. The summed E-state index contributed by atoms with van der Waals surface area (Å²) in [7, 11) is 0. The molecule has 0 spiro atoms. The number of rotatable bonds is 5. The maximum Gasteiger partial charge on any atom is 0.287 e. The first-order chi connectivity index (χ1) is 13.6. The van der Waals surface area contributed by atoms with Crippen molar-refractivity contribution >= 4 is 44.4 Å². The number of hydrogen-bond acceptors (Lipinski definition) is 3. The first-order valence-electron chi connectivity index (χ1n) is 9.46. The van der Waals surface area contributed by atoms with Gasteiger partial charge in [0.1, 0.15) is 5.58 Å². The maximum atomic E-state index is 12.4. The summed E-state index contributed by atoms with van der Waals surface area (Å²) in [4.78, 5) is 24.7. The highest BCUT2D eigenvalue weighted by molar-refractivity contribution is 9.10. The van der Waals surface area contributed by atoms with Crippen molar-refractivity contribution in [3.63, 3.8) is 0 Å². The lowest BCUT2D eigenvalue weighted by molar-refractivity contribution is -0.119. The SMILES string of the molecule is O=C(NCc1cccc(NC(=O)C2CCCC2)c1)c1cc2cccc(Br)c2o1. The predicted molar refractivity (Wildman–Crippen MR) is 112 cm³/mol. The van der Waals surface area contributed by atoms with Crippen LogP contribution in [0.2, 0.25) is 0 Å². The highest BCUT2D eigenvalue weighted by Gasteiger charge is 2.22. The predicted octanol–water partition coefficient (Wildman–Crippen LogP) is 5.25. The molecular weight excluding hydrogens is 420 g/mol. The third kappa shape index (κ3) is 4.12. The second-order valence-corrected chi connectivity index (χ2v) is 7.98.